The maximum atomic E-state index is 13.3. The van der Waals surface area contributed by atoms with Crippen LogP contribution in [0.15, 0.2) is 24.3 Å². The lowest BCUT2D eigenvalue weighted by Crippen LogP contribution is -2.56. The zero-order valence-corrected chi connectivity index (χ0v) is 17.9. The number of amides is 2. The minimum Gasteiger partial charge on any atom is -0.370 e. The van der Waals surface area contributed by atoms with Crippen molar-refractivity contribution < 1.29 is 14.3 Å². The van der Waals surface area contributed by atoms with Crippen molar-refractivity contribution in [3.05, 3.63) is 34.9 Å². The predicted molar refractivity (Wildman–Crippen MR) is 112 cm³/mol. The molecule has 28 heavy (non-hydrogen) atoms. The van der Waals surface area contributed by atoms with Gasteiger partial charge in [-0.25, -0.2) is 0 Å². The normalized spacial score (nSPS) is 23.9. The highest BCUT2D eigenvalue weighted by molar-refractivity contribution is 7.97. The number of carbonyl (C=O) groups excluding carboxylic acids is 2. The highest BCUT2D eigenvalue weighted by atomic mass is 35.5. The summed E-state index contributed by atoms with van der Waals surface area (Å²) in [4.78, 5) is 26.6. The molecule has 1 aliphatic carbocycles. The molecule has 2 fully saturated rings. The van der Waals surface area contributed by atoms with Gasteiger partial charge in [-0.2, -0.15) is 0 Å². The third-order valence-corrected chi connectivity index (χ3v) is 6.68. The maximum Gasteiger partial charge on any atom is 0.253 e. The van der Waals surface area contributed by atoms with E-state index < -0.39 is 12.0 Å². The first-order valence-corrected chi connectivity index (χ1v) is 11.0. The molecule has 1 saturated heterocycles. The van der Waals surface area contributed by atoms with Crippen molar-refractivity contribution in [2.45, 2.75) is 56.0 Å². The quantitative estimate of drug-likeness (QED) is 0.615. The van der Waals surface area contributed by atoms with Gasteiger partial charge in [-0.3, -0.25) is 13.9 Å². The number of nitrogens with zero attached hydrogens (tertiary/aromatic N) is 2. The summed E-state index contributed by atoms with van der Waals surface area (Å²) in [5.41, 5.74) is 6.31. The van der Waals surface area contributed by atoms with E-state index >= 15 is 0 Å². The number of rotatable bonds is 9. The van der Waals surface area contributed by atoms with Crippen LogP contribution >= 0.6 is 23.5 Å². The fourth-order valence-corrected chi connectivity index (χ4v) is 4.81. The molecule has 0 bridgehead atoms. The van der Waals surface area contributed by atoms with Gasteiger partial charge in [0.05, 0.1) is 19.1 Å². The third-order valence-electron chi connectivity index (χ3n) is 5.15. The summed E-state index contributed by atoms with van der Waals surface area (Å²) in [5, 5.41) is 1.36. The van der Waals surface area contributed by atoms with E-state index in [1.165, 1.54) is 12.8 Å². The highest BCUT2D eigenvalue weighted by Gasteiger charge is 2.41. The molecule has 154 valence electrons. The van der Waals surface area contributed by atoms with Gasteiger partial charge in [-0.05, 0) is 44.0 Å². The molecule has 3 unspecified atom stereocenters. The number of primary amides is 1. The van der Waals surface area contributed by atoms with Crippen LogP contribution in [0.2, 0.25) is 5.02 Å². The van der Waals surface area contributed by atoms with Gasteiger partial charge in [0.25, 0.3) is 5.91 Å². The minimum atomic E-state index is -0.809. The molecular formula is C20H28ClN3O3S. The topological polar surface area (TPSA) is 75.9 Å². The van der Waals surface area contributed by atoms with Gasteiger partial charge in [0.1, 0.15) is 6.10 Å². The fourth-order valence-electron chi connectivity index (χ4n) is 3.57. The molecule has 3 atom stereocenters. The highest BCUT2D eigenvalue weighted by Crippen LogP contribution is 2.37. The van der Waals surface area contributed by atoms with Gasteiger partial charge in [0.2, 0.25) is 5.91 Å². The number of nitrogens with two attached hydrogens (primary N) is 1. The predicted octanol–water partition coefficient (Wildman–Crippen LogP) is 3.00. The molecule has 2 amide bonds. The fraction of sp³-hybridized carbons (Fsp3) is 0.600. The standard InChI is InChI=1S/C20H28ClN3O3S/c1-3-15(11-23(2)28-16-8-9-16)24-17(13-4-6-14(21)7-5-13)12-27-18(20(24)26)10-19(22)25/h4-7,15-18H,3,8-12H2,1-2H3,(H2,22,25). The van der Waals surface area contributed by atoms with Gasteiger partial charge >= 0.3 is 0 Å². The van der Waals surface area contributed by atoms with Crippen LogP contribution in [-0.2, 0) is 14.3 Å². The van der Waals surface area contributed by atoms with Crippen molar-refractivity contribution >= 4 is 35.4 Å². The molecule has 8 heteroatoms. The zero-order chi connectivity index (χ0) is 20.3. The minimum absolute atomic E-state index is 0.0173. The molecule has 0 aromatic heterocycles. The van der Waals surface area contributed by atoms with E-state index in [-0.39, 0.29) is 24.4 Å². The van der Waals surface area contributed by atoms with Crippen LogP contribution < -0.4 is 5.73 Å². The Labute approximate surface area is 175 Å². The van der Waals surface area contributed by atoms with Crippen LogP contribution in [-0.4, -0.2) is 58.6 Å². The van der Waals surface area contributed by atoms with Crippen LogP contribution in [0, 0.1) is 0 Å². The molecule has 1 saturated carbocycles. The first-order chi connectivity index (χ1) is 13.4. The average molecular weight is 426 g/mol. The Morgan fingerprint density at radius 2 is 2.07 bits per heavy atom. The molecule has 2 aliphatic rings. The maximum absolute atomic E-state index is 13.3. The second-order valence-corrected chi connectivity index (χ2v) is 9.42. The summed E-state index contributed by atoms with van der Waals surface area (Å²) in [6.45, 7) is 3.18. The van der Waals surface area contributed by atoms with E-state index in [4.69, 9.17) is 22.1 Å². The van der Waals surface area contributed by atoms with Crippen LogP contribution in [0.5, 0.6) is 0 Å². The van der Waals surface area contributed by atoms with Crippen molar-refractivity contribution in [1.29, 1.82) is 0 Å². The lowest BCUT2D eigenvalue weighted by atomic mass is 9.98. The van der Waals surface area contributed by atoms with E-state index in [2.05, 4.69) is 18.3 Å². The molecule has 1 aromatic rings. The Bertz CT molecular complexity index is 698. The van der Waals surface area contributed by atoms with Crippen LogP contribution in [0.1, 0.15) is 44.2 Å². The molecule has 2 N–H and O–H groups in total. The van der Waals surface area contributed by atoms with Crippen molar-refractivity contribution in [2.24, 2.45) is 5.73 Å². The Morgan fingerprint density at radius 3 is 2.64 bits per heavy atom. The molecular weight excluding hydrogens is 398 g/mol. The molecule has 1 aliphatic heterocycles. The lowest BCUT2D eigenvalue weighted by Gasteiger charge is -2.44. The van der Waals surface area contributed by atoms with Crippen LogP contribution in [0.3, 0.4) is 0 Å². The number of carbonyl (C=O) groups is 2. The first kappa shape index (κ1) is 21.4. The number of ether oxygens (including phenoxy) is 1. The lowest BCUT2D eigenvalue weighted by molar-refractivity contribution is -0.166. The summed E-state index contributed by atoms with van der Waals surface area (Å²) in [7, 11) is 2.08. The van der Waals surface area contributed by atoms with Gasteiger partial charge in [0, 0.05) is 22.9 Å². The van der Waals surface area contributed by atoms with Crippen molar-refractivity contribution in [3.63, 3.8) is 0 Å². The molecule has 1 heterocycles. The summed E-state index contributed by atoms with van der Waals surface area (Å²) >= 11 is 7.89. The Hall–Kier alpha value is -1.28. The van der Waals surface area contributed by atoms with Crippen molar-refractivity contribution in [2.75, 3.05) is 20.2 Å². The number of likely N-dealkylation sites (N-methyl/N-ethyl adjacent to an activating group) is 1. The molecule has 0 radical (unpaired) electrons. The largest absolute Gasteiger partial charge is 0.370 e. The van der Waals surface area contributed by atoms with E-state index in [1.54, 1.807) is 0 Å². The van der Waals surface area contributed by atoms with Gasteiger partial charge < -0.3 is 15.4 Å². The Morgan fingerprint density at radius 1 is 1.39 bits per heavy atom. The average Bonchev–Trinajstić information content (AvgIpc) is 3.46. The monoisotopic (exact) mass is 425 g/mol. The number of morpholine rings is 1. The zero-order valence-electron chi connectivity index (χ0n) is 16.3. The second-order valence-electron chi connectivity index (χ2n) is 7.48. The third kappa shape index (κ3) is 5.41. The second kappa shape index (κ2) is 9.48. The first-order valence-electron chi connectivity index (χ1n) is 9.74. The van der Waals surface area contributed by atoms with Gasteiger partial charge in [-0.15, -0.1) is 0 Å². The number of halogens is 1. The molecule has 6 nitrogen and oxygen atoms in total. The molecule has 3 rings (SSSR count). The summed E-state index contributed by atoms with van der Waals surface area (Å²) in [6, 6.07) is 7.32. The number of hydrogen-bond acceptors (Lipinski definition) is 5. The Balaban J connectivity index is 1.83. The van der Waals surface area contributed by atoms with E-state index in [9.17, 15) is 9.59 Å². The van der Waals surface area contributed by atoms with Crippen LogP contribution in [0.25, 0.3) is 0 Å². The van der Waals surface area contributed by atoms with E-state index in [0.29, 0.717) is 16.9 Å². The molecule has 1 aromatic carbocycles. The molecule has 0 spiro atoms. The van der Waals surface area contributed by atoms with E-state index in [0.717, 1.165) is 18.5 Å². The van der Waals surface area contributed by atoms with Gasteiger partial charge in [-0.1, -0.05) is 42.6 Å². The SMILES string of the molecule is CCC(CN(C)SC1CC1)N1C(=O)C(CC(N)=O)OCC1c1ccc(Cl)cc1. The smallest absolute Gasteiger partial charge is 0.253 e. The Kier molecular flexibility index (Phi) is 7.25. The van der Waals surface area contributed by atoms with Gasteiger partial charge in [0.15, 0.2) is 0 Å². The van der Waals surface area contributed by atoms with Crippen LogP contribution in [0.4, 0.5) is 0 Å². The summed E-state index contributed by atoms with van der Waals surface area (Å²) < 4.78 is 7.99. The number of hydrogen-bond donors (Lipinski definition) is 1. The van der Waals surface area contributed by atoms with Crippen molar-refractivity contribution in [3.8, 4) is 0 Å². The summed E-state index contributed by atoms with van der Waals surface area (Å²) in [6.07, 6.45) is 2.43. The van der Waals surface area contributed by atoms with Crippen molar-refractivity contribution in [1.82, 2.24) is 9.21 Å². The number of benzene rings is 1. The summed E-state index contributed by atoms with van der Waals surface area (Å²) in [5.74, 6) is -0.695. The van der Waals surface area contributed by atoms with E-state index in [1.807, 2.05) is 41.1 Å².